The van der Waals surface area contributed by atoms with Gasteiger partial charge in [0.05, 0.1) is 7.11 Å². The quantitative estimate of drug-likeness (QED) is 0.785. The summed E-state index contributed by atoms with van der Waals surface area (Å²) in [6.45, 7) is 4.63. The average molecular weight is 285 g/mol. The first-order valence-corrected chi connectivity index (χ1v) is 8.29. The molecule has 0 spiro atoms. The van der Waals surface area contributed by atoms with Crippen LogP contribution < -0.4 is 10.1 Å². The van der Waals surface area contributed by atoms with Crippen LogP contribution in [-0.4, -0.2) is 13.2 Å². The Morgan fingerprint density at radius 2 is 1.95 bits per heavy atom. The van der Waals surface area contributed by atoms with E-state index in [1.807, 2.05) is 0 Å². The molecule has 21 heavy (non-hydrogen) atoms. The van der Waals surface area contributed by atoms with E-state index in [0.29, 0.717) is 12.1 Å². The van der Waals surface area contributed by atoms with Crippen molar-refractivity contribution in [1.82, 2.24) is 5.32 Å². The minimum atomic E-state index is 0.439. The first kappa shape index (κ1) is 14.6. The third-order valence-electron chi connectivity index (χ3n) is 5.36. The van der Waals surface area contributed by atoms with E-state index < -0.39 is 0 Å². The second kappa shape index (κ2) is 6.23. The summed E-state index contributed by atoms with van der Waals surface area (Å²) >= 11 is 0. The molecule has 0 heterocycles. The van der Waals surface area contributed by atoms with Crippen LogP contribution in [0, 0.1) is 17.8 Å². The van der Waals surface area contributed by atoms with Crippen molar-refractivity contribution < 1.29 is 4.74 Å². The highest BCUT2D eigenvalue weighted by atomic mass is 16.5. The van der Waals surface area contributed by atoms with Crippen LogP contribution in [0.5, 0.6) is 5.75 Å². The van der Waals surface area contributed by atoms with Crippen molar-refractivity contribution in [3.8, 4) is 5.75 Å². The van der Waals surface area contributed by atoms with Crippen LogP contribution in [0.4, 0.5) is 0 Å². The summed E-state index contributed by atoms with van der Waals surface area (Å²) in [7, 11) is 1.72. The summed E-state index contributed by atoms with van der Waals surface area (Å²) < 4.78 is 5.25. The van der Waals surface area contributed by atoms with Gasteiger partial charge in [-0.05, 0) is 61.6 Å². The zero-order valence-corrected chi connectivity index (χ0v) is 13.4. The van der Waals surface area contributed by atoms with Crippen molar-refractivity contribution in [3.05, 3.63) is 42.0 Å². The molecule has 2 nitrogen and oxygen atoms in total. The Kier molecular flexibility index (Phi) is 4.34. The highest BCUT2D eigenvalue weighted by molar-refractivity contribution is 5.29. The van der Waals surface area contributed by atoms with Gasteiger partial charge in [0.15, 0.2) is 0 Å². The van der Waals surface area contributed by atoms with E-state index >= 15 is 0 Å². The number of methoxy groups -OCH3 is 1. The Morgan fingerprint density at radius 3 is 2.48 bits per heavy atom. The van der Waals surface area contributed by atoms with Crippen LogP contribution in [0.2, 0.25) is 0 Å². The number of ether oxygens (including phenoxy) is 1. The maximum Gasteiger partial charge on any atom is 0.118 e. The molecule has 0 aliphatic heterocycles. The molecular weight excluding hydrogens is 258 g/mol. The molecule has 3 rings (SSSR count). The fourth-order valence-corrected chi connectivity index (χ4v) is 4.13. The molecule has 2 bridgehead atoms. The van der Waals surface area contributed by atoms with Crippen LogP contribution in [0.25, 0.3) is 0 Å². The Bertz CT molecular complexity index is 493. The lowest BCUT2D eigenvalue weighted by Crippen LogP contribution is -2.38. The summed E-state index contributed by atoms with van der Waals surface area (Å²) in [4.78, 5) is 0. The van der Waals surface area contributed by atoms with Crippen molar-refractivity contribution in [2.24, 2.45) is 17.8 Å². The average Bonchev–Trinajstić information content (AvgIpc) is 3.15. The lowest BCUT2D eigenvalue weighted by atomic mass is 9.86. The Morgan fingerprint density at radius 1 is 1.19 bits per heavy atom. The molecule has 114 valence electrons. The predicted molar refractivity (Wildman–Crippen MR) is 87.5 cm³/mol. The number of rotatable bonds is 6. The second-order valence-corrected chi connectivity index (χ2v) is 6.63. The molecule has 5 atom stereocenters. The smallest absolute Gasteiger partial charge is 0.118 e. The van der Waals surface area contributed by atoms with E-state index in [2.05, 4.69) is 55.6 Å². The van der Waals surface area contributed by atoms with Gasteiger partial charge in [0.2, 0.25) is 0 Å². The van der Waals surface area contributed by atoms with Crippen LogP contribution >= 0.6 is 0 Å². The van der Waals surface area contributed by atoms with E-state index in [1.54, 1.807) is 7.11 Å². The first-order valence-electron chi connectivity index (χ1n) is 8.29. The largest absolute Gasteiger partial charge is 0.497 e. The topological polar surface area (TPSA) is 21.3 Å². The van der Waals surface area contributed by atoms with Gasteiger partial charge >= 0.3 is 0 Å². The molecule has 5 unspecified atom stereocenters. The van der Waals surface area contributed by atoms with Crippen LogP contribution in [0.3, 0.4) is 0 Å². The zero-order chi connectivity index (χ0) is 14.8. The van der Waals surface area contributed by atoms with Crippen molar-refractivity contribution in [1.29, 1.82) is 0 Å². The molecule has 2 heteroatoms. The minimum Gasteiger partial charge on any atom is -0.497 e. The highest BCUT2D eigenvalue weighted by Gasteiger charge is 2.38. The number of nitrogens with one attached hydrogen (secondary N) is 1. The van der Waals surface area contributed by atoms with Crippen LogP contribution in [0.15, 0.2) is 36.4 Å². The monoisotopic (exact) mass is 285 g/mol. The third kappa shape index (κ3) is 3.01. The van der Waals surface area contributed by atoms with Gasteiger partial charge in [-0.3, -0.25) is 0 Å². The molecular formula is C19H27NO. The maximum absolute atomic E-state index is 5.25. The maximum atomic E-state index is 5.25. The Labute approximate surface area is 128 Å². The molecule has 1 fully saturated rings. The SMILES string of the molecule is CCC(NC(C)C1CC2C=CC1C2)c1ccc(OC)cc1. The lowest BCUT2D eigenvalue weighted by Gasteiger charge is -2.30. The fraction of sp³-hybridized carbons (Fsp3) is 0.579. The van der Waals surface area contributed by atoms with Gasteiger partial charge in [-0.15, -0.1) is 0 Å². The Balaban J connectivity index is 1.64. The van der Waals surface area contributed by atoms with Gasteiger partial charge in [-0.1, -0.05) is 31.2 Å². The van der Waals surface area contributed by atoms with Crippen LogP contribution in [0.1, 0.15) is 44.7 Å². The molecule has 1 aromatic rings. The molecule has 1 aromatic carbocycles. The van der Waals surface area contributed by atoms with Gasteiger partial charge in [0, 0.05) is 12.1 Å². The standard InChI is InChI=1S/C19H27NO/c1-4-19(15-7-9-17(21-3)10-8-15)20-13(2)18-12-14-5-6-16(18)11-14/h5-10,13-14,16,18-20H,4,11-12H2,1-3H3. The molecule has 0 saturated heterocycles. The summed E-state index contributed by atoms with van der Waals surface area (Å²) in [6.07, 6.45) is 8.75. The summed E-state index contributed by atoms with van der Waals surface area (Å²) in [5, 5.41) is 3.87. The molecule has 0 aromatic heterocycles. The summed E-state index contributed by atoms with van der Waals surface area (Å²) in [6, 6.07) is 9.52. The van der Waals surface area contributed by atoms with Gasteiger partial charge in [0.25, 0.3) is 0 Å². The minimum absolute atomic E-state index is 0.439. The van der Waals surface area contributed by atoms with E-state index in [9.17, 15) is 0 Å². The fourth-order valence-electron chi connectivity index (χ4n) is 4.13. The summed E-state index contributed by atoms with van der Waals surface area (Å²) in [5.41, 5.74) is 1.36. The van der Waals surface area contributed by atoms with Crippen molar-refractivity contribution in [2.45, 2.75) is 45.2 Å². The van der Waals surface area contributed by atoms with Gasteiger partial charge in [-0.25, -0.2) is 0 Å². The lowest BCUT2D eigenvalue weighted by molar-refractivity contribution is 0.298. The Hall–Kier alpha value is -1.28. The number of benzene rings is 1. The number of hydrogen-bond donors (Lipinski definition) is 1. The van der Waals surface area contributed by atoms with E-state index in [0.717, 1.165) is 29.9 Å². The summed E-state index contributed by atoms with van der Waals surface area (Å²) in [5.74, 6) is 3.41. The van der Waals surface area contributed by atoms with Gasteiger partial charge < -0.3 is 10.1 Å². The van der Waals surface area contributed by atoms with Crippen LogP contribution in [-0.2, 0) is 0 Å². The number of fused-ring (bicyclic) bond motifs is 2. The van der Waals surface area contributed by atoms with Crippen molar-refractivity contribution in [2.75, 3.05) is 7.11 Å². The molecule has 0 radical (unpaired) electrons. The number of allylic oxidation sites excluding steroid dienone is 2. The van der Waals surface area contributed by atoms with E-state index in [4.69, 9.17) is 4.74 Å². The van der Waals surface area contributed by atoms with Gasteiger partial charge in [0.1, 0.15) is 5.75 Å². The van der Waals surface area contributed by atoms with Gasteiger partial charge in [-0.2, -0.15) is 0 Å². The van der Waals surface area contributed by atoms with Crippen molar-refractivity contribution in [3.63, 3.8) is 0 Å². The molecule has 2 aliphatic carbocycles. The zero-order valence-electron chi connectivity index (χ0n) is 13.4. The molecule has 1 N–H and O–H groups in total. The molecule has 1 saturated carbocycles. The first-order chi connectivity index (χ1) is 10.2. The number of hydrogen-bond acceptors (Lipinski definition) is 2. The molecule has 2 aliphatic rings. The normalized spacial score (nSPS) is 29.6. The third-order valence-corrected chi connectivity index (χ3v) is 5.36. The highest BCUT2D eigenvalue weighted by Crippen LogP contribution is 2.45. The van der Waals surface area contributed by atoms with E-state index in [1.165, 1.54) is 18.4 Å². The van der Waals surface area contributed by atoms with Crippen molar-refractivity contribution >= 4 is 0 Å². The predicted octanol–water partition coefficient (Wildman–Crippen LogP) is 4.34. The second-order valence-electron chi connectivity index (χ2n) is 6.63. The molecule has 0 amide bonds. The van der Waals surface area contributed by atoms with E-state index in [-0.39, 0.29) is 0 Å².